The van der Waals surface area contributed by atoms with Gasteiger partial charge in [0.25, 0.3) is 5.88 Å². The van der Waals surface area contributed by atoms with Crippen molar-refractivity contribution in [2.45, 2.75) is 0 Å². The fourth-order valence-corrected chi connectivity index (χ4v) is 1.74. The maximum atomic E-state index is 5.18. The van der Waals surface area contributed by atoms with Crippen molar-refractivity contribution in [2.75, 3.05) is 14.2 Å². The molecule has 0 saturated carbocycles. The normalized spacial score (nSPS) is 10.3. The third-order valence-electron chi connectivity index (χ3n) is 2.13. The number of rotatable bonds is 2. The molecule has 0 unspecified atom stereocenters. The van der Waals surface area contributed by atoms with Crippen LogP contribution in [-0.4, -0.2) is 19.2 Å². The quantitative estimate of drug-likeness (QED) is 0.838. The number of benzene rings is 1. The first-order valence-corrected chi connectivity index (χ1v) is 5.22. The van der Waals surface area contributed by atoms with Crippen molar-refractivity contribution in [3.8, 4) is 11.6 Å². The molecule has 0 saturated heterocycles. The van der Waals surface area contributed by atoms with E-state index in [-0.39, 0.29) is 0 Å². The van der Waals surface area contributed by atoms with Crippen LogP contribution in [0.1, 0.15) is 0 Å². The molecule has 0 bridgehead atoms. The summed E-state index contributed by atoms with van der Waals surface area (Å²) in [4.78, 5) is 4.35. The standard InChI is InChI=1S/C11H10BrNO2/c1-14-10-5-7-3-4-8(12)6-9(7)13-11(10)15-2/h3-6H,1-2H3. The molecule has 0 aliphatic heterocycles. The van der Waals surface area contributed by atoms with Gasteiger partial charge in [-0.1, -0.05) is 22.0 Å². The lowest BCUT2D eigenvalue weighted by molar-refractivity contribution is 0.345. The van der Waals surface area contributed by atoms with E-state index in [2.05, 4.69) is 20.9 Å². The Morgan fingerprint density at radius 1 is 1.13 bits per heavy atom. The predicted molar refractivity (Wildman–Crippen MR) is 62.5 cm³/mol. The number of methoxy groups -OCH3 is 2. The fraction of sp³-hybridized carbons (Fsp3) is 0.182. The molecule has 4 heteroatoms. The molecule has 2 aromatic rings. The molecule has 1 heterocycles. The maximum absolute atomic E-state index is 5.18. The Balaban J connectivity index is 2.69. The van der Waals surface area contributed by atoms with E-state index in [1.54, 1.807) is 14.2 Å². The lowest BCUT2D eigenvalue weighted by atomic mass is 10.2. The van der Waals surface area contributed by atoms with Crippen LogP contribution >= 0.6 is 15.9 Å². The van der Waals surface area contributed by atoms with Gasteiger partial charge in [0.2, 0.25) is 0 Å². The molecule has 1 aromatic carbocycles. The van der Waals surface area contributed by atoms with E-state index in [9.17, 15) is 0 Å². The minimum absolute atomic E-state index is 0.503. The summed E-state index contributed by atoms with van der Waals surface area (Å²) in [7, 11) is 3.18. The molecular weight excluding hydrogens is 258 g/mol. The smallest absolute Gasteiger partial charge is 0.257 e. The molecule has 0 spiro atoms. The second kappa shape index (κ2) is 4.06. The first-order chi connectivity index (χ1) is 7.24. The summed E-state index contributed by atoms with van der Waals surface area (Å²) in [5, 5.41) is 1.02. The van der Waals surface area contributed by atoms with E-state index >= 15 is 0 Å². The number of pyridine rings is 1. The van der Waals surface area contributed by atoms with Gasteiger partial charge < -0.3 is 9.47 Å². The van der Waals surface area contributed by atoms with Gasteiger partial charge in [-0.3, -0.25) is 0 Å². The van der Waals surface area contributed by atoms with Crippen molar-refractivity contribution in [3.05, 3.63) is 28.7 Å². The van der Waals surface area contributed by atoms with Crippen LogP contribution in [0.15, 0.2) is 28.7 Å². The average Bonchev–Trinajstić information content (AvgIpc) is 2.27. The third kappa shape index (κ3) is 1.90. The highest BCUT2D eigenvalue weighted by Crippen LogP contribution is 2.29. The Morgan fingerprint density at radius 3 is 2.60 bits per heavy atom. The molecule has 78 valence electrons. The van der Waals surface area contributed by atoms with Crippen LogP contribution in [0.5, 0.6) is 11.6 Å². The molecule has 15 heavy (non-hydrogen) atoms. The van der Waals surface area contributed by atoms with Crippen LogP contribution in [0.3, 0.4) is 0 Å². The predicted octanol–water partition coefficient (Wildman–Crippen LogP) is 3.01. The van der Waals surface area contributed by atoms with Gasteiger partial charge in [-0.2, -0.15) is 0 Å². The number of hydrogen-bond acceptors (Lipinski definition) is 3. The molecule has 0 aliphatic carbocycles. The van der Waals surface area contributed by atoms with E-state index < -0.39 is 0 Å². The molecule has 3 nitrogen and oxygen atoms in total. The van der Waals surface area contributed by atoms with Gasteiger partial charge in [0, 0.05) is 9.86 Å². The molecule has 1 aromatic heterocycles. The highest BCUT2D eigenvalue weighted by molar-refractivity contribution is 9.10. The van der Waals surface area contributed by atoms with Crippen molar-refractivity contribution in [1.29, 1.82) is 0 Å². The van der Waals surface area contributed by atoms with E-state index in [1.807, 2.05) is 24.3 Å². The van der Waals surface area contributed by atoms with Gasteiger partial charge >= 0.3 is 0 Å². The largest absolute Gasteiger partial charge is 0.491 e. The summed E-state index contributed by atoms with van der Waals surface area (Å²) >= 11 is 3.40. The van der Waals surface area contributed by atoms with Gasteiger partial charge in [-0.25, -0.2) is 4.98 Å². The summed E-state index contributed by atoms with van der Waals surface area (Å²) in [5.41, 5.74) is 0.877. The third-order valence-corrected chi connectivity index (χ3v) is 2.62. The summed E-state index contributed by atoms with van der Waals surface area (Å²) in [6, 6.07) is 7.80. The van der Waals surface area contributed by atoms with Gasteiger partial charge in [-0.15, -0.1) is 0 Å². The molecular formula is C11H10BrNO2. The molecule has 0 amide bonds. The molecule has 0 atom stereocenters. The van der Waals surface area contributed by atoms with Gasteiger partial charge in [0.15, 0.2) is 5.75 Å². The number of halogens is 1. The Morgan fingerprint density at radius 2 is 1.93 bits per heavy atom. The van der Waals surface area contributed by atoms with Crippen LogP contribution in [-0.2, 0) is 0 Å². The van der Waals surface area contributed by atoms with Gasteiger partial charge in [0.1, 0.15) is 0 Å². The first kappa shape index (κ1) is 10.2. The number of fused-ring (bicyclic) bond motifs is 1. The molecule has 0 N–H and O–H groups in total. The van der Waals surface area contributed by atoms with Gasteiger partial charge in [0.05, 0.1) is 19.7 Å². The van der Waals surface area contributed by atoms with Crippen molar-refractivity contribution in [1.82, 2.24) is 4.98 Å². The summed E-state index contributed by atoms with van der Waals surface area (Å²) in [5.74, 6) is 1.15. The fourth-order valence-electron chi connectivity index (χ4n) is 1.40. The van der Waals surface area contributed by atoms with Crippen molar-refractivity contribution in [2.24, 2.45) is 0 Å². The van der Waals surface area contributed by atoms with Crippen LogP contribution in [0, 0.1) is 0 Å². The molecule has 0 radical (unpaired) electrons. The Kier molecular flexibility index (Phi) is 2.77. The van der Waals surface area contributed by atoms with Crippen molar-refractivity contribution >= 4 is 26.8 Å². The second-order valence-electron chi connectivity index (χ2n) is 3.04. The van der Waals surface area contributed by atoms with Crippen LogP contribution in [0.25, 0.3) is 10.9 Å². The zero-order valence-electron chi connectivity index (χ0n) is 8.45. The van der Waals surface area contributed by atoms with Crippen molar-refractivity contribution in [3.63, 3.8) is 0 Å². The highest BCUT2D eigenvalue weighted by Gasteiger charge is 2.07. The molecule has 0 aliphatic rings. The summed E-state index contributed by atoms with van der Waals surface area (Å²) in [6.45, 7) is 0. The van der Waals surface area contributed by atoms with E-state index in [0.717, 1.165) is 15.4 Å². The topological polar surface area (TPSA) is 31.4 Å². The highest BCUT2D eigenvalue weighted by atomic mass is 79.9. The monoisotopic (exact) mass is 267 g/mol. The number of nitrogens with zero attached hydrogens (tertiary/aromatic N) is 1. The Bertz CT molecular complexity index is 499. The lowest BCUT2D eigenvalue weighted by Crippen LogP contribution is -1.93. The lowest BCUT2D eigenvalue weighted by Gasteiger charge is -2.07. The van der Waals surface area contributed by atoms with E-state index in [4.69, 9.17) is 9.47 Å². The number of aromatic nitrogens is 1. The summed E-state index contributed by atoms with van der Waals surface area (Å²) < 4.78 is 11.3. The average molecular weight is 268 g/mol. The van der Waals surface area contributed by atoms with E-state index in [0.29, 0.717) is 11.6 Å². The minimum Gasteiger partial charge on any atom is -0.491 e. The van der Waals surface area contributed by atoms with Crippen molar-refractivity contribution < 1.29 is 9.47 Å². The zero-order valence-corrected chi connectivity index (χ0v) is 10.0. The number of hydrogen-bond donors (Lipinski definition) is 0. The van der Waals surface area contributed by atoms with Crippen LogP contribution in [0.2, 0.25) is 0 Å². The minimum atomic E-state index is 0.503. The van der Waals surface area contributed by atoms with Crippen LogP contribution in [0.4, 0.5) is 0 Å². The van der Waals surface area contributed by atoms with Crippen LogP contribution < -0.4 is 9.47 Å². The molecule has 0 fully saturated rings. The SMILES string of the molecule is COc1cc2ccc(Br)cc2nc1OC. The Hall–Kier alpha value is -1.29. The zero-order chi connectivity index (χ0) is 10.8. The Labute approximate surface area is 96.2 Å². The van der Waals surface area contributed by atoms with Gasteiger partial charge in [-0.05, 0) is 18.2 Å². The maximum Gasteiger partial charge on any atom is 0.257 e. The molecule has 2 rings (SSSR count). The van der Waals surface area contributed by atoms with E-state index in [1.165, 1.54) is 0 Å². The number of ether oxygens (including phenoxy) is 2. The second-order valence-corrected chi connectivity index (χ2v) is 3.95. The summed E-state index contributed by atoms with van der Waals surface area (Å²) in [6.07, 6.45) is 0. The first-order valence-electron chi connectivity index (χ1n) is 4.43.